The molecule has 4 heteroatoms. The van der Waals surface area contributed by atoms with E-state index in [4.69, 9.17) is 14.6 Å². The van der Waals surface area contributed by atoms with E-state index in [1.165, 1.54) is 7.11 Å². The lowest BCUT2D eigenvalue weighted by Gasteiger charge is -2.08. The molecule has 0 aliphatic carbocycles. The van der Waals surface area contributed by atoms with Gasteiger partial charge >= 0.3 is 5.97 Å². The van der Waals surface area contributed by atoms with Crippen LogP contribution in [-0.4, -0.2) is 25.0 Å². The van der Waals surface area contributed by atoms with Gasteiger partial charge < -0.3 is 14.6 Å². The Kier molecular flexibility index (Phi) is 5.41. The van der Waals surface area contributed by atoms with Crippen LogP contribution in [-0.2, 0) is 4.74 Å². The first-order valence-corrected chi connectivity index (χ1v) is 4.11. The van der Waals surface area contributed by atoms with Crippen LogP contribution in [0.4, 0.5) is 0 Å². The molecule has 0 radical (unpaired) electrons. The third-order valence-corrected chi connectivity index (χ3v) is 1.70. The highest BCUT2D eigenvalue weighted by Gasteiger charge is 2.10. The minimum atomic E-state index is -1.00. The van der Waals surface area contributed by atoms with Crippen LogP contribution >= 0.6 is 0 Å². The Balaban J connectivity index is 0.00000196. The molecule has 0 spiro atoms. The highest BCUT2D eigenvalue weighted by atomic mass is 16.7. The van der Waals surface area contributed by atoms with Crippen molar-refractivity contribution in [3.63, 3.8) is 0 Å². The van der Waals surface area contributed by atoms with Gasteiger partial charge in [-0.1, -0.05) is 19.1 Å². The molecule has 1 N–H and O–H groups in total. The number of methoxy groups -OCH3 is 1. The summed E-state index contributed by atoms with van der Waals surface area (Å²) in [4.78, 5) is 10.8. The number of carbonyl (C=O) groups is 1. The molecule has 0 fully saturated rings. The molecule has 1 aromatic rings. The first-order chi connectivity index (χ1) is 6.65. The van der Waals surface area contributed by atoms with Gasteiger partial charge in [-0.25, -0.2) is 4.79 Å². The molecular weight excluding hydrogens is 196 g/mol. The number of hydrogen-bond acceptors (Lipinski definition) is 3. The molecule has 1 aromatic carbocycles. The standard InChI is InChI=1S/C10H12O4.CH4/c1-7-3-4-9(14-6-13-2)8(5-7)10(11)12;/h3-5H,6H2,1-2H3,(H,11,12);1H4. The fourth-order valence-electron chi connectivity index (χ4n) is 1.06. The zero-order valence-corrected chi connectivity index (χ0v) is 8.11. The molecule has 0 saturated heterocycles. The molecule has 0 aliphatic rings. The van der Waals surface area contributed by atoms with E-state index >= 15 is 0 Å². The van der Waals surface area contributed by atoms with E-state index in [9.17, 15) is 4.79 Å². The SMILES string of the molecule is C.COCOc1ccc(C)cc1C(=O)O. The van der Waals surface area contributed by atoms with E-state index in [2.05, 4.69) is 0 Å². The summed E-state index contributed by atoms with van der Waals surface area (Å²) in [6.45, 7) is 1.87. The second-order valence-electron chi connectivity index (χ2n) is 2.86. The Morgan fingerprint density at radius 3 is 2.67 bits per heavy atom. The van der Waals surface area contributed by atoms with E-state index in [1.54, 1.807) is 18.2 Å². The third-order valence-electron chi connectivity index (χ3n) is 1.70. The maximum absolute atomic E-state index is 10.8. The summed E-state index contributed by atoms with van der Waals surface area (Å²) in [6, 6.07) is 4.97. The summed E-state index contributed by atoms with van der Waals surface area (Å²) < 4.78 is 9.80. The fraction of sp³-hybridized carbons (Fsp3) is 0.364. The van der Waals surface area contributed by atoms with E-state index in [0.717, 1.165) is 5.56 Å². The maximum Gasteiger partial charge on any atom is 0.339 e. The van der Waals surface area contributed by atoms with Crippen molar-refractivity contribution in [2.45, 2.75) is 14.4 Å². The van der Waals surface area contributed by atoms with Crippen molar-refractivity contribution in [1.29, 1.82) is 0 Å². The van der Waals surface area contributed by atoms with Crippen LogP contribution in [0.5, 0.6) is 5.75 Å². The number of carboxylic acid groups (broad SMARTS) is 1. The van der Waals surface area contributed by atoms with E-state index in [1.807, 2.05) is 6.92 Å². The van der Waals surface area contributed by atoms with Crippen molar-refractivity contribution >= 4 is 5.97 Å². The molecule has 0 heterocycles. The third kappa shape index (κ3) is 3.59. The van der Waals surface area contributed by atoms with Crippen LogP contribution in [0.15, 0.2) is 18.2 Å². The van der Waals surface area contributed by atoms with Crippen LogP contribution in [0.1, 0.15) is 23.3 Å². The average Bonchev–Trinajstić information content (AvgIpc) is 2.15. The molecule has 15 heavy (non-hydrogen) atoms. The van der Waals surface area contributed by atoms with Crippen LogP contribution in [0.25, 0.3) is 0 Å². The lowest BCUT2D eigenvalue weighted by Crippen LogP contribution is -2.05. The summed E-state index contributed by atoms with van der Waals surface area (Å²) in [5.74, 6) is -0.676. The zero-order valence-electron chi connectivity index (χ0n) is 8.11. The Morgan fingerprint density at radius 2 is 2.13 bits per heavy atom. The van der Waals surface area contributed by atoms with Gasteiger partial charge in [-0.2, -0.15) is 0 Å². The van der Waals surface area contributed by atoms with Crippen molar-refractivity contribution in [2.75, 3.05) is 13.9 Å². The minimum Gasteiger partial charge on any atom is -0.478 e. The van der Waals surface area contributed by atoms with Gasteiger partial charge in [-0.05, 0) is 19.1 Å². The number of aryl methyl sites for hydroxylation is 1. The number of ether oxygens (including phenoxy) is 2. The summed E-state index contributed by atoms with van der Waals surface area (Å²) in [6.07, 6.45) is 0. The zero-order chi connectivity index (χ0) is 10.6. The van der Waals surface area contributed by atoms with E-state index in [-0.39, 0.29) is 19.8 Å². The highest BCUT2D eigenvalue weighted by Crippen LogP contribution is 2.19. The molecule has 0 saturated carbocycles. The molecule has 0 unspecified atom stereocenters. The topological polar surface area (TPSA) is 55.8 Å². The predicted molar refractivity (Wildman–Crippen MR) is 57.4 cm³/mol. The van der Waals surface area contributed by atoms with Gasteiger partial charge in [0, 0.05) is 7.11 Å². The lowest BCUT2D eigenvalue weighted by molar-refractivity contribution is 0.0483. The molecule has 1 rings (SSSR count). The Hall–Kier alpha value is -1.55. The average molecular weight is 212 g/mol. The van der Waals surface area contributed by atoms with Crippen molar-refractivity contribution in [3.8, 4) is 5.75 Å². The van der Waals surface area contributed by atoms with E-state index < -0.39 is 5.97 Å². The Labute approximate surface area is 89.4 Å². The normalized spacial score (nSPS) is 9.20. The largest absolute Gasteiger partial charge is 0.478 e. The number of benzene rings is 1. The van der Waals surface area contributed by atoms with Gasteiger partial charge in [-0.3, -0.25) is 0 Å². The molecular formula is C11H16O4. The van der Waals surface area contributed by atoms with Crippen LogP contribution in [0.3, 0.4) is 0 Å². The summed E-state index contributed by atoms with van der Waals surface area (Å²) in [7, 11) is 1.48. The maximum atomic E-state index is 10.8. The van der Waals surface area contributed by atoms with Gasteiger partial charge in [0.15, 0.2) is 6.79 Å². The van der Waals surface area contributed by atoms with Gasteiger partial charge in [-0.15, -0.1) is 0 Å². The number of aromatic carboxylic acids is 1. The molecule has 0 amide bonds. The summed E-state index contributed by atoms with van der Waals surface area (Å²) in [5.41, 5.74) is 1.04. The number of carboxylic acids is 1. The van der Waals surface area contributed by atoms with Crippen LogP contribution < -0.4 is 4.74 Å². The second kappa shape index (κ2) is 6.03. The number of hydrogen-bond donors (Lipinski definition) is 1. The van der Waals surface area contributed by atoms with Gasteiger partial charge in [0.25, 0.3) is 0 Å². The van der Waals surface area contributed by atoms with Gasteiger partial charge in [0.2, 0.25) is 0 Å². The smallest absolute Gasteiger partial charge is 0.339 e. The fourth-order valence-corrected chi connectivity index (χ4v) is 1.06. The lowest BCUT2D eigenvalue weighted by atomic mass is 10.1. The first kappa shape index (κ1) is 13.4. The van der Waals surface area contributed by atoms with Crippen LogP contribution in [0.2, 0.25) is 0 Å². The van der Waals surface area contributed by atoms with Crippen molar-refractivity contribution in [3.05, 3.63) is 29.3 Å². The molecule has 0 bridgehead atoms. The minimum absolute atomic E-state index is 0. The predicted octanol–water partition coefficient (Wildman–Crippen LogP) is 2.31. The Bertz CT molecular complexity index is 333. The van der Waals surface area contributed by atoms with Gasteiger partial charge in [0.1, 0.15) is 11.3 Å². The van der Waals surface area contributed by atoms with Crippen molar-refractivity contribution in [1.82, 2.24) is 0 Å². The van der Waals surface area contributed by atoms with Crippen molar-refractivity contribution in [2.24, 2.45) is 0 Å². The number of rotatable bonds is 4. The molecule has 0 aliphatic heterocycles. The molecule has 0 atom stereocenters. The molecule has 0 aromatic heterocycles. The Morgan fingerprint density at radius 1 is 1.47 bits per heavy atom. The quantitative estimate of drug-likeness (QED) is 0.778. The summed E-state index contributed by atoms with van der Waals surface area (Å²) in [5, 5.41) is 8.87. The second-order valence-corrected chi connectivity index (χ2v) is 2.86. The van der Waals surface area contributed by atoms with Gasteiger partial charge in [0.05, 0.1) is 0 Å². The van der Waals surface area contributed by atoms with Crippen LogP contribution in [0, 0.1) is 6.92 Å². The van der Waals surface area contributed by atoms with Crippen molar-refractivity contribution < 1.29 is 19.4 Å². The molecule has 84 valence electrons. The monoisotopic (exact) mass is 212 g/mol. The molecule has 4 nitrogen and oxygen atoms in total. The first-order valence-electron chi connectivity index (χ1n) is 4.11. The van der Waals surface area contributed by atoms with E-state index in [0.29, 0.717) is 5.75 Å². The highest BCUT2D eigenvalue weighted by molar-refractivity contribution is 5.91. The summed E-state index contributed by atoms with van der Waals surface area (Å²) >= 11 is 0.